The van der Waals surface area contributed by atoms with Gasteiger partial charge >= 0.3 is 0 Å². The van der Waals surface area contributed by atoms with Gasteiger partial charge in [-0.2, -0.15) is 0 Å². The fourth-order valence-corrected chi connectivity index (χ4v) is 4.41. The van der Waals surface area contributed by atoms with Crippen LogP contribution < -0.4 is 0 Å². The first-order valence-electron chi connectivity index (χ1n) is 8.13. The second kappa shape index (κ2) is 10.1. The number of hydrogen-bond donors (Lipinski definition) is 0. The summed E-state index contributed by atoms with van der Waals surface area (Å²) in [6, 6.07) is 7.91. The standard InChI is InChI=1S/C19H26FO2P3/c1-21-7-14-3-12(4-15(8-22-2)17(14)10-24)13-5-16(9-23)18(11-25)19(20)6-13/h3-6H,7-11,23-25H2,1-2H3. The monoisotopic (exact) mass is 398 g/mol. The van der Waals surface area contributed by atoms with Gasteiger partial charge < -0.3 is 9.47 Å². The first-order valence-corrected chi connectivity index (χ1v) is 10.6. The Balaban J connectivity index is 2.64. The van der Waals surface area contributed by atoms with Crippen LogP contribution in [-0.2, 0) is 41.2 Å². The minimum Gasteiger partial charge on any atom is -0.380 e. The van der Waals surface area contributed by atoms with Crippen molar-refractivity contribution in [3.05, 3.63) is 57.9 Å². The number of rotatable bonds is 8. The van der Waals surface area contributed by atoms with Gasteiger partial charge in [0.2, 0.25) is 0 Å². The van der Waals surface area contributed by atoms with Gasteiger partial charge in [0, 0.05) is 14.2 Å². The summed E-state index contributed by atoms with van der Waals surface area (Å²) in [5, 5.41) is 0. The second-order valence-corrected chi connectivity index (χ2v) is 7.07. The summed E-state index contributed by atoms with van der Waals surface area (Å²) in [5.41, 5.74) is 7.12. The summed E-state index contributed by atoms with van der Waals surface area (Å²) < 4.78 is 25.3. The molecule has 0 heterocycles. The van der Waals surface area contributed by atoms with Crippen LogP contribution in [0.25, 0.3) is 11.1 Å². The minimum absolute atomic E-state index is 0.151. The predicted molar refractivity (Wildman–Crippen MR) is 114 cm³/mol. The van der Waals surface area contributed by atoms with Gasteiger partial charge in [0.05, 0.1) is 13.2 Å². The molecular weight excluding hydrogens is 372 g/mol. The number of benzene rings is 2. The van der Waals surface area contributed by atoms with Gasteiger partial charge in [-0.15, -0.1) is 27.7 Å². The fraction of sp³-hybridized carbons (Fsp3) is 0.368. The summed E-state index contributed by atoms with van der Waals surface area (Å²) in [6.07, 6.45) is 2.18. The molecule has 2 nitrogen and oxygen atoms in total. The molecule has 0 N–H and O–H groups in total. The third-order valence-corrected chi connectivity index (χ3v) is 5.54. The van der Waals surface area contributed by atoms with E-state index >= 15 is 0 Å². The molecule has 25 heavy (non-hydrogen) atoms. The van der Waals surface area contributed by atoms with Crippen LogP contribution in [0.2, 0.25) is 0 Å². The molecule has 0 aliphatic heterocycles. The number of hydrogen-bond acceptors (Lipinski definition) is 2. The maximum Gasteiger partial charge on any atom is 0.127 e. The zero-order chi connectivity index (χ0) is 18.4. The Bertz CT molecular complexity index is 708. The zero-order valence-corrected chi connectivity index (χ0v) is 18.2. The molecule has 6 heteroatoms. The van der Waals surface area contributed by atoms with Gasteiger partial charge in [-0.05, 0) is 75.6 Å². The molecule has 0 fully saturated rings. The Morgan fingerprint density at radius 3 is 1.64 bits per heavy atom. The first-order chi connectivity index (χ1) is 12.1. The van der Waals surface area contributed by atoms with Gasteiger partial charge in [0.15, 0.2) is 0 Å². The molecule has 2 aromatic rings. The topological polar surface area (TPSA) is 18.5 Å². The largest absolute Gasteiger partial charge is 0.380 e. The van der Waals surface area contributed by atoms with Crippen LogP contribution in [0.1, 0.15) is 27.8 Å². The quantitative estimate of drug-likeness (QED) is 0.589. The third-order valence-electron chi connectivity index (χ3n) is 4.28. The van der Waals surface area contributed by atoms with Crippen molar-refractivity contribution < 1.29 is 13.9 Å². The molecule has 0 aromatic heterocycles. The Morgan fingerprint density at radius 2 is 1.20 bits per heavy atom. The number of methoxy groups -OCH3 is 2. The molecule has 0 aliphatic rings. The summed E-state index contributed by atoms with van der Waals surface area (Å²) in [7, 11) is 11.4. The summed E-state index contributed by atoms with van der Waals surface area (Å²) in [5.74, 6) is -0.151. The first kappa shape index (κ1) is 20.9. The van der Waals surface area contributed by atoms with Crippen LogP contribution >= 0.6 is 27.7 Å². The SMILES string of the molecule is COCc1cc(-c2cc(F)c(CP)c(CP)c2)cc(COC)c1CP. The Kier molecular flexibility index (Phi) is 8.40. The van der Waals surface area contributed by atoms with Crippen molar-refractivity contribution in [1.82, 2.24) is 0 Å². The van der Waals surface area contributed by atoms with Crippen LogP contribution in [0.5, 0.6) is 0 Å². The van der Waals surface area contributed by atoms with Crippen molar-refractivity contribution in [3.8, 4) is 11.1 Å². The van der Waals surface area contributed by atoms with Crippen molar-refractivity contribution in [2.45, 2.75) is 31.7 Å². The summed E-state index contributed by atoms with van der Waals surface area (Å²) >= 11 is 0. The second-order valence-electron chi connectivity index (χ2n) is 5.85. The number of halogens is 1. The lowest BCUT2D eigenvalue weighted by Crippen LogP contribution is -2.03. The van der Waals surface area contributed by atoms with Crippen molar-refractivity contribution in [2.75, 3.05) is 14.2 Å². The number of ether oxygens (including phenoxy) is 2. The van der Waals surface area contributed by atoms with Crippen LogP contribution in [0.3, 0.4) is 0 Å². The molecule has 0 saturated heterocycles. The van der Waals surface area contributed by atoms with Crippen LogP contribution in [-0.4, -0.2) is 14.2 Å². The van der Waals surface area contributed by atoms with Gasteiger partial charge in [0.25, 0.3) is 0 Å². The molecule has 0 aliphatic carbocycles. The van der Waals surface area contributed by atoms with E-state index in [-0.39, 0.29) is 5.82 Å². The maximum absolute atomic E-state index is 14.6. The van der Waals surface area contributed by atoms with Crippen molar-refractivity contribution in [2.24, 2.45) is 0 Å². The van der Waals surface area contributed by atoms with E-state index in [9.17, 15) is 4.39 Å². The molecule has 3 atom stereocenters. The van der Waals surface area contributed by atoms with Crippen LogP contribution in [0.4, 0.5) is 4.39 Å². The normalized spacial score (nSPS) is 11.1. The molecule has 0 spiro atoms. The summed E-state index contributed by atoms with van der Waals surface area (Å²) in [4.78, 5) is 0. The van der Waals surface area contributed by atoms with Crippen LogP contribution in [0, 0.1) is 5.82 Å². The molecule has 136 valence electrons. The molecule has 0 bridgehead atoms. The van der Waals surface area contributed by atoms with E-state index in [0.717, 1.165) is 45.7 Å². The van der Waals surface area contributed by atoms with Crippen molar-refractivity contribution in [3.63, 3.8) is 0 Å². The molecule has 0 radical (unpaired) electrons. The van der Waals surface area contributed by atoms with E-state index in [0.29, 0.717) is 19.4 Å². The third kappa shape index (κ3) is 4.85. The average molecular weight is 398 g/mol. The van der Waals surface area contributed by atoms with Crippen LogP contribution in [0.15, 0.2) is 24.3 Å². The van der Waals surface area contributed by atoms with Gasteiger partial charge in [0.1, 0.15) is 5.82 Å². The molecular formula is C19H26FO2P3. The van der Waals surface area contributed by atoms with Gasteiger partial charge in [-0.25, -0.2) is 4.39 Å². The van der Waals surface area contributed by atoms with E-state index < -0.39 is 0 Å². The van der Waals surface area contributed by atoms with E-state index in [4.69, 9.17) is 9.47 Å². The van der Waals surface area contributed by atoms with E-state index in [1.165, 1.54) is 5.56 Å². The molecule has 3 unspecified atom stereocenters. The highest BCUT2D eigenvalue weighted by Gasteiger charge is 2.14. The molecule has 2 aromatic carbocycles. The minimum atomic E-state index is -0.151. The summed E-state index contributed by atoms with van der Waals surface area (Å²) in [6.45, 7) is 1.05. The van der Waals surface area contributed by atoms with E-state index in [1.807, 2.05) is 0 Å². The van der Waals surface area contributed by atoms with E-state index in [1.54, 1.807) is 20.3 Å². The average Bonchev–Trinajstić information content (AvgIpc) is 2.61. The Morgan fingerprint density at radius 1 is 0.720 bits per heavy atom. The highest BCUT2D eigenvalue weighted by Crippen LogP contribution is 2.32. The van der Waals surface area contributed by atoms with Gasteiger partial charge in [-0.3, -0.25) is 0 Å². The van der Waals surface area contributed by atoms with Crippen molar-refractivity contribution >= 4 is 27.7 Å². The van der Waals surface area contributed by atoms with Crippen molar-refractivity contribution in [1.29, 1.82) is 0 Å². The smallest absolute Gasteiger partial charge is 0.127 e. The Hall–Kier alpha value is -0.420. The predicted octanol–water partition coefficient (Wildman–Crippen LogP) is 4.91. The molecule has 0 amide bonds. The fourth-order valence-electron chi connectivity index (χ4n) is 3.07. The lowest BCUT2D eigenvalue weighted by atomic mass is 9.93. The maximum atomic E-state index is 14.6. The lowest BCUT2D eigenvalue weighted by molar-refractivity contribution is 0.179. The van der Waals surface area contributed by atoms with E-state index in [2.05, 4.69) is 45.9 Å². The van der Waals surface area contributed by atoms with Gasteiger partial charge in [-0.1, -0.05) is 6.07 Å². The highest BCUT2D eigenvalue weighted by molar-refractivity contribution is 7.16. The zero-order valence-electron chi connectivity index (χ0n) is 14.8. The highest BCUT2D eigenvalue weighted by atomic mass is 31.0. The molecule has 0 saturated carbocycles. The Labute approximate surface area is 156 Å². The lowest BCUT2D eigenvalue weighted by Gasteiger charge is -2.17. The molecule has 2 rings (SSSR count).